The maximum atomic E-state index is 11.4. The summed E-state index contributed by atoms with van der Waals surface area (Å²) < 4.78 is 38.4. The smallest absolute Gasteiger partial charge is 0.377 e. The van der Waals surface area contributed by atoms with E-state index in [9.17, 15) is 18.0 Å². The van der Waals surface area contributed by atoms with Gasteiger partial charge in [0.15, 0.2) is 5.78 Å². The first kappa shape index (κ1) is 10.2. The summed E-state index contributed by atoms with van der Waals surface area (Å²) in [5, 5.41) is 0. The predicted molar refractivity (Wildman–Crippen MR) is 32.1 cm³/mol. The molecule has 0 aliphatic heterocycles. The van der Waals surface area contributed by atoms with Crippen LogP contribution in [-0.2, 0) is 9.53 Å². The fraction of sp³-hybridized carbons (Fsp3) is 0.500. The minimum atomic E-state index is -4.43. The number of methoxy groups -OCH3 is 1. The second-order valence-corrected chi connectivity index (χ2v) is 1.77. The lowest BCUT2D eigenvalue weighted by Gasteiger charge is -1.96. The molecule has 0 saturated heterocycles. The lowest BCUT2D eigenvalue weighted by molar-refractivity contribution is -0.118. The Balaban J connectivity index is 3.83. The minimum Gasteiger partial charge on any atom is -0.377 e. The van der Waals surface area contributed by atoms with Crippen LogP contribution in [0.3, 0.4) is 0 Å². The largest absolute Gasteiger partial charge is 0.409 e. The summed E-state index contributed by atoms with van der Waals surface area (Å²) in [5.74, 6) is -0.704. The normalized spacial score (nSPS) is 12.4. The van der Waals surface area contributed by atoms with Crippen molar-refractivity contribution in [1.29, 1.82) is 0 Å². The Morgan fingerprint density at radius 1 is 1.55 bits per heavy atom. The fourth-order valence-corrected chi connectivity index (χ4v) is 0.378. The van der Waals surface area contributed by atoms with Crippen LogP contribution in [-0.4, -0.2) is 25.7 Å². The lowest BCUT2D eigenvalue weighted by Crippen LogP contribution is -2.06. The van der Waals surface area contributed by atoms with Crippen LogP contribution in [0.4, 0.5) is 13.2 Å². The number of carbonyl (C=O) groups excluding carboxylic acids is 1. The molecule has 0 amide bonds. The van der Waals surface area contributed by atoms with Crippen LogP contribution in [0, 0.1) is 0 Å². The van der Waals surface area contributed by atoms with E-state index in [4.69, 9.17) is 0 Å². The van der Waals surface area contributed by atoms with E-state index in [0.717, 1.165) is 0 Å². The summed E-state index contributed by atoms with van der Waals surface area (Å²) in [6, 6.07) is 0. The molecule has 0 aromatic carbocycles. The van der Waals surface area contributed by atoms with Gasteiger partial charge in [0, 0.05) is 13.2 Å². The molecule has 0 aliphatic carbocycles. The van der Waals surface area contributed by atoms with Gasteiger partial charge in [0.1, 0.15) is 6.61 Å². The van der Waals surface area contributed by atoms with E-state index in [1.807, 2.05) is 0 Å². The van der Waals surface area contributed by atoms with Crippen molar-refractivity contribution in [3.63, 3.8) is 0 Å². The summed E-state index contributed by atoms with van der Waals surface area (Å²) >= 11 is 0. The van der Waals surface area contributed by atoms with Crippen LogP contribution in [0.2, 0.25) is 0 Å². The van der Waals surface area contributed by atoms with E-state index in [1.54, 1.807) is 0 Å². The van der Waals surface area contributed by atoms with Crippen molar-refractivity contribution in [2.45, 2.75) is 6.18 Å². The van der Waals surface area contributed by atoms with E-state index in [2.05, 4.69) is 4.74 Å². The van der Waals surface area contributed by atoms with E-state index < -0.39 is 12.0 Å². The first-order valence-electron chi connectivity index (χ1n) is 2.73. The molecule has 0 atom stereocenters. The first-order chi connectivity index (χ1) is 4.95. The second-order valence-electron chi connectivity index (χ2n) is 1.77. The molecule has 0 aliphatic rings. The Bertz CT molecular complexity index is 160. The quantitative estimate of drug-likeness (QED) is 0.594. The molecule has 0 bridgehead atoms. The third-order valence-corrected chi connectivity index (χ3v) is 0.745. The highest BCUT2D eigenvalue weighted by Crippen LogP contribution is 2.15. The maximum absolute atomic E-state index is 11.4. The Morgan fingerprint density at radius 2 is 2.09 bits per heavy atom. The zero-order chi connectivity index (χ0) is 8.91. The molecule has 0 spiro atoms. The average Bonchev–Trinajstić information content (AvgIpc) is 1.83. The van der Waals surface area contributed by atoms with Crippen molar-refractivity contribution in [2.24, 2.45) is 0 Å². The van der Waals surface area contributed by atoms with E-state index >= 15 is 0 Å². The van der Waals surface area contributed by atoms with Crippen LogP contribution in [0.5, 0.6) is 0 Å². The number of hydrogen-bond donors (Lipinski definition) is 0. The van der Waals surface area contributed by atoms with Gasteiger partial charge in [-0.2, -0.15) is 13.2 Å². The molecular weight excluding hydrogens is 161 g/mol. The summed E-state index contributed by atoms with van der Waals surface area (Å²) in [6.45, 7) is -0.327. The standard InChI is InChI=1S/C6H7F3O2/c1-11-4-5(10)2-3-6(7,8)9/h2-3H,4H2,1H3. The summed E-state index contributed by atoms with van der Waals surface area (Å²) in [5.41, 5.74) is 0. The van der Waals surface area contributed by atoms with Crippen molar-refractivity contribution < 1.29 is 22.7 Å². The summed E-state index contributed by atoms with van der Waals surface area (Å²) in [7, 11) is 1.24. The molecule has 0 rings (SSSR count). The van der Waals surface area contributed by atoms with Gasteiger partial charge < -0.3 is 4.74 Å². The van der Waals surface area contributed by atoms with Crippen LogP contribution < -0.4 is 0 Å². The molecule has 0 radical (unpaired) electrons. The van der Waals surface area contributed by atoms with Gasteiger partial charge in [-0.15, -0.1) is 0 Å². The Kier molecular flexibility index (Phi) is 3.81. The van der Waals surface area contributed by atoms with Crippen LogP contribution in [0.25, 0.3) is 0 Å². The highest BCUT2D eigenvalue weighted by Gasteiger charge is 2.22. The topological polar surface area (TPSA) is 26.3 Å². The molecular formula is C6H7F3O2. The third kappa shape index (κ3) is 7.05. The Morgan fingerprint density at radius 3 is 2.45 bits per heavy atom. The van der Waals surface area contributed by atoms with Crippen molar-refractivity contribution >= 4 is 5.78 Å². The van der Waals surface area contributed by atoms with E-state index in [1.165, 1.54) is 7.11 Å². The van der Waals surface area contributed by atoms with Gasteiger partial charge in [-0.25, -0.2) is 0 Å². The molecule has 0 heterocycles. The van der Waals surface area contributed by atoms with E-state index in [0.29, 0.717) is 6.08 Å². The van der Waals surface area contributed by atoms with E-state index in [-0.39, 0.29) is 12.7 Å². The summed E-state index contributed by atoms with van der Waals surface area (Å²) in [4.78, 5) is 10.4. The highest BCUT2D eigenvalue weighted by atomic mass is 19.4. The Labute approximate surface area is 61.6 Å². The van der Waals surface area contributed by atoms with Gasteiger partial charge in [-0.1, -0.05) is 0 Å². The zero-order valence-corrected chi connectivity index (χ0v) is 5.81. The average molecular weight is 168 g/mol. The van der Waals surface area contributed by atoms with Gasteiger partial charge in [-0.3, -0.25) is 4.79 Å². The Hall–Kier alpha value is -0.840. The predicted octanol–water partition coefficient (Wildman–Crippen LogP) is 1.32. The van der Waals surface area contributed by atoms with Crippen molar-refractivity contribution in [1.82, 2.24) is 0 Å². The molecule has 0 unspecified atom stereocenters. The number of alkyl halides is 3. The fourth-order valence-electron chi connectivity index (χ4n) is 0.378. The SMILES string of the molecule is COCC(=O)C=CC(F)(F)F. The van der Waals surface area contributed by atoms with Gasteiger partial charge in [0.25, 0.3) is 0 Å². The molecule has 0 aromatic rings. The van der Waals surface area contributed by atoms with Crippen molar-refractivity contribution in [3.8, 4) is 0 Å². The number of rotatable bonds is 3. The molecule has 11 heavy (non-hydrogen) atoms. The van der Waals surface area contributed by atoms with Gasteiger partial charge >= 0.3 is 6.18 Å². The monoisotopic (exact) mass is 168 g/mol. The second kappa shape index (κ2) is 4.12. The molecule has 64 valence electrons. The number of allylic oxidation sites excluding steroid dienone is 1. The van der Waals surface area contributed by atoms with Gasteiger partial charge in [0.2, 0.25) is 0 Å². The highest BCUT2D eigenvalue weighted by molar-refractivity contribution is 5.90. The third-order valence-electron chi connectivity index (χ3n) is 0.745. The first-order valence-corrected chi connectivity index (χ1v) is 2.73. The van der Waals surface area contributed by atoms with Crippen LogP contribution in [0.1, 0.15) is 0 Å². The maximum Gasteiger partial charge on any atom is 0.409 e. The molecule has 5 heteroatoms. The summed E-state index contributed by atoms with van der Waals surface area (Å²) in [6.07, 6.45) is -4.10. The van der Waals surface area contributed by atoms with Crippen LogP contribution >= 0.6 is 0 Å². The molecule has 2 nitrogen and oxygen atoms in total. The number of carbonyl (C=O) groups is 1. The number of ether oxygens (including phenoxy) is 1. The zero-order valence-electron chi connectivity index (χ0n) is 5.81. The minimum absolute atomic E-state index is 0.117. The van der Waals surface area contributed by atoms with Crippen molar-refractivity contribution in [3.05, 3.63) is 12.2 Å². The molecule has 0 saturated carbocycles. The van der Waals surface area contributed by atoms with Gasteiger partial charge in [-0.05, 0) is 6.08 Å². The molecule has 0 fully saturated rings. The van der Waals surface area contributed by atoms with Crippen LogP contribution in [0.15, 0.2) is 12.2 Å². The van der Waals surface area contributed by atoms with Crippen molar-refractivity contribution in [2.75, 3.05) is 13.7 Å². The number of hydrogen-bond acceptors (Lipinski definition) is 2. The molecule has 0 N–H and O–H groups in total. The van der Waals surface area contributed by atoms with Gasteiger partial charge in [0.05, 0.1) is 0 Å². The lowest BCUT2D eigenvalue weighted by atomic mass is 10.3. The molecule has 0 aromatic heterocycles. The number of halogens is 3. The number of ketones is 1.